The van der Waals surface area contributed by atoms with Crippen molar-refractivity contribution in [3.63, 3.8) is 0 Å². The second-order valence-corrected chi connectivity index (χ2v) is 1.79. The van der Waals surface area contributed by atoms with E-state index in [4.69, 9.17) is 0 Å². The summed E-state index contributed by atoms with van der Waals surface area (Å²) in [6, 6.07) is -0.954. The second-order valence-electron chi connectivity index (χ2n) is 1.25. The third-order valence-electron chi connectivity index (χ3n) is 0.602. The van der Waals surface area contributed by atoms with Gasteiger partial charge < -0.3 is 5.32 Å². The molecule has 0 aromatic rings. The molecule has 0 aromatic heterocycles. The summed E-state index contributed by atoms with van der Waals surface area (Å²) >= 11 is 1.64. The molecule has 4 amide bonds. The summed E-state index contributed by atoms with van der Waals surface area (Å²) in [7, 11) is 1.44. The minimum atomic E-state index is -0.482. The van der Waals surface area contributed by atoms with E-state index in [2.05, 4.69) is 19.7 Å². The highest BCUT2D eigenvalue weighted by Gasteiger charge is 1.97. The molecule has 0 heterocycles. The van der Waals surface area contributed by atoms with Crippen LogP contribution in [0.2, 0.25) is 0 Å². The standard InChI is InChI=1S/C3H7IN4O2/c1-5-2(9)7-8-3(10)6-4/h1H3,(H2,5,7,9)(H2,6,8,10). The molecule has 0 bridgehead atoms. The summed E-state index contributed by atoms with van der Waals surface area (Å²) < 4.78 is 2.22. The number of carbonyl (C=O) groups excluding carboxylic acids is 2. The molecule has 0 atom stereocenters. The minimum absolute atomic E-state index is 0.472. The Kier molecular flexibility index (Phi) is 4.72. The topological polar surface area (TPSA) is 82.3 Å². The van der Waals surface area contributed by atoms with Gasteiger partial charge in [0, 0.05) is 7.05 Å². The minimum Gasteiger partial charge on any atom is -0.340 e. The zero-order valence-corrected chi connectivity index (χ0v) is 7.35. The van der Waals surface area contributed by atoms with Gasteiger partial charge in [0.1, 0.15) is 0 Å². The van der Waals surface area contributed by atoms with Crippen molar-refractivity contribution >= 4 is 34.9 Å². The molecule has 0 rings (SSSR count). The van der Waals surface area contributed by atoms with E-state index in [9.17, 15) is 9.59 Å². The van der Waals surface area contributed by atoms with Crippen molar-refractivity contribution in [2.24, 2.45) is 0 Å². The number of hydrogen-bond acceptors (Lipinski definition) is 2. The summed E-state index contributed by atoms with van der Waals surface area (Å²) in [6.07, 6.45) is 0. The van der Waals surface area contributed by atoms with Gasteiger partial charge in [-0.3, -0.25) is 3.53 Å². The van der Waals surface area contributed by atoms with Crippen LogP contribution in [-0.2, 0) is 0 Å². The Balaban J connectivity index is 3.35. The lowest BCUT2D eigenvalue weighted by Gasteiger charge is -2.03. The molecule has 0 unspecified atom stereocenters. The van der Waals surface area contributed by atoms with E-state index in [1.54, 1.807) is 22.9 Å². The molecule has 0 spiro atoms. The van der Waals surface area contributed by atoms with E-state index in [0.717, 1.165) is 0 Å². The first kappa shape index (κ1) is 9.27. The van der Waals surface area contributed by atoms with Gasteiger partial charge in [-0.1, -0.05) is 0 Å². The summed E-state index contributed by atoms with van der Waals surface area (Å²) in [4.78, 5) is 20.7. The Bertz CT molecular complexity index is 122. The van der Waals surface area contributed by atoms with E-state index >= 15 is 0 Å². The van der Waals surface area contributed by atoms with Gasteiger partial charge >= 0.3 is 12.1 Å². The van der Waals surface area contributed by atoms with Crippen LogP contribution in [0.3, 0.4) is 0 Å². The lowest BCUT2D eigenvalue weighted by molar-refractivity contribution is 0.229. The number of hydrogen-bond donors (Lipinski definition) is 4. The smallest absolute Gasteiger partial charge is 0.340 e. The molecule has 0 saturated carbocycles. The molecule has 0 aliphatic carbocycles. The SMILES string of the molecule is CNC(=O)NNC(=O)NI. The highest BCUT2D eigenvalue weighted by molar-refractivity contribution is 14.1. The van der Waals surface area contributed by atoms with Gasteiger partial charge in [-0.2, -0.15) is 0 Å². The van der Waals surface area contributed by atoms with Crippen LogP contribution < -0.4 is 19.7 Å². The van der Waals surface area contributed by atoms with Crippen molar-refractivity contribution in [2.45, 2.75) is 0 Å². The number of nitrogens with one attached hydrogen (secondary N) is 4. The lowest BCUT2D eigenvalue weighted by Crippen LogP contribution is -2.47. The monoisotopic (exact) mass is 258 g/mol. The summed E-state index contributed by atoms with van der Waals surface area (Å²) in [5.41, 5.74) is 4.13. The van der Waals surface area contributed by atoms with Crippen LogP contribution >= 0.6 is 22.9 Å². The molecule has 0 aliphatic heterocycles. The molecule has 0 fully saturated rings. The molecule has 0 aromatic carbocycles. The quantitative estimate of drug-likeness (QED) is 0.268. The molecule has 7 heteroatoms. The number of urea groups is 2. The zero-order valence-electron chi connectivity index (χ0n) is 5.19. The molecule has 0 radical (unpaired) electrons. The Morgan fingerprint density at radius 1 is 1.20 bits per heavy atom. The van der Waals surface area contributed by atoms with Crippen LogP contribution in [0.4, 0.5) is 9.59 Å². The maximum Gasteiger partial charge on any atom is 0.342 e. The predicted octanol–water partition coefficient (Wildman–Crippen LogP) is -0.520. The van der Waals surface area contributed by atoms with E-state index < -0.39 is 12.1 Å². The van der Waals surface area contributed by atoms with Gasteiger partial charge in [-0.05, 0) is 0 Å². The first-order valence-electron chi connectivity index (χ1n) is 2.35. The third-order valence-corrected chi connectivity index (χ3v) is 1.09. The summed E-state index contributed by atoms with van der Waals surface area (Å²) in [5.74, 6) is 0. The maximum absolute atomic E-state index is 10.4. The highest BCUT2D eigenvalue weighted by atomic mass is 127. The van der Waals surface area contributed by atoms with Crippen LogP contribution in [-0.4, -0.2) is 19.1 Å². The van der Waals surface area contributed by atoms with Gasteiger partial charge in [-0.15, -0.1) is 0 Å². The Morgan fingerprint density at radius 2 is 1.70 bits per heavy atom. The third kappa shape index (κ3) is 4.18. The summed E-state index contributed by atoms with van der Waals surface area (Å²) in [6.45, 7) is 0. The van der Waals surface area contributed by atoms with E-state index in [-0.39, 0.29) is 0 Å². The molecule has 58 valence electrons. The van der Waals surface area contributed by atoms with Crippen molar-refractivity contribution in [2.75, 3.05) is 7.05 Å². The number of rotatable bonds is 0. The van der Waals surface area contributed by atoms with Gasteiger partial charge in [-0.25, -0.2) is 20.4 Å². The van der Waals surface area contributed by atoms with Gasteiger partial charge in [0.2, 0.25) is 0 Å². The Labute approximate surface area is 71.6 Å². The van der Waals surface area contributed by atoms with E-state index in [1.165, 1.54) is 7.05 Å². The maximum atomic E-state index is 10.4. The fraction of sp³-hybridized carbons (Fsp3) is 0.333. The van der Waals surface area contributed by atoms with Gasteiger partial charge in [0.05, 0.1) is 22.9 Å². The molecule has 6 nitrogen and oxygen atoms in total. The first-order chi connectivity index (χ1) is 4.70. The van der Waals surface area contributed by atoms with Crippen LogP contribution in [0, 0.1) is 0 Å². The fourth-order valence-electron chi connectivity index (χ4n) is 0.200. The largest absolute Gasteiger partial charge is 0.342 e. The summed E-state index contributed by atoms with van der Waals surface area (Å²) in [5, 5.41) is 2.25. The molecular formula is C3H7IN4O2. The van der Waals surface area contributed by atoms with Crippen molar-refractivity contribution in [1.82, 2.24) is 19.7 Å². The van der Waals surface area contributed by atoms with Crippen LogP contribution in [0.5, 0.6) is 0 Å². The van der Waals surface area contributed by atoms with Crippen LogP contribution in [0.25, 0.3) is 0 Å². The fourth-order valence-corrected chi connectivity index (χ4v) is 0.334. The van der Waals surface area contributed by atoms with Crippen molar-refractivity contribution < 1.29 is 9.59 Å². The van der Waals surface area contributed by atoms with Crippen molar-refractivity contribution in [3.05, 3.63) is 0 Å². The zero-order chi connectivity index (χ0) is 7.98. The lowest BCUT2D eigenvalue weighted by atomic mass is 11.0. The second kappa shape index (κ2) is 5.09. The Hall–Kier alpha value is -0.730. The first-order valence-corrected chi connectivity index (χ1v) is 3.43. The van der Waals surface area contributed by atoms with E-state index in [1.807, 2.05) is 0 Å². The molecule has 0 saturated heterocycles. The molecular weight excluding hydrogens is 251 g/mol. The van der Waals surface area contributed by atoms with Crippen LogP contribution in [0.15, 0.2) is 0 Å². The Morgan fingerprint density at radius 3 is 2.10 bits per heavy atom. The van der Waals surface area contributed by atoms with Crippen LogP contribution in [0.1, 0.15) is 0 Å². The van der Waals surface area contributed by atoms with E-state index in [0.29, 0.717) is 0 Å². The van der Waals surface area contributed by atoms with Crippen molar-refractivity contribution in [1.29, 1.82) is 0 Å². The average molecular weight is 258 g/mol. The molecule has 0 aliphatic rings. The predicted molar refractivity (Wildman–Crippen MR) is 43.3 cm³/mol. The number of halogens is 1. The number of carbonyl (C=O) groups is 2. The van der Waals surface area contributed by atoms with Crippen molar-refractivity contribution in [3.8, 4) is 0 Å². The number of hydrazine groups is 1. The van der Waals surface area contributed by atoms with Gasteiger partial charge in [0.25, 0.3) is 0 Å². The van der Waals surface area contributed by atoms with Gasteiger partial charge in [0.15, 0.2) is 0 Å². The molecule has 4 N–H and O–H groups in total. The number of amides is 4. The highest BCUT2D eigenvalue weighted by Crippen LogP contribution is 1.67. The molecule has 10 heavy (non-hydrogen) atoms. The normalized spacial score (nSPS) is 7.80. The average Bonchev–Trinajstić information content (AvgIpc) is 1.99.